The van der Waals surface area contributed by atoms with Gasteiger partial charge in [-0.2, -0.15) is 4.98 Å². The highest BCUT2D eigenvalue weighted by Gasteiger charge is 2.38. The van der Waals surface area contributed by atoms with Crippen LogP contribution in [0.5, 0.6) is 0 Å². The van der Waals surface area contributed by atoms with Gasteiger partial charge in [-0.1, -0.05) is 23.7 Å². The Labute approximate surface area is 190 Å². The standard InChI is InChI=1S/C23H33ClN6O/c1-15-14-20(29(4)5)28-22(26-15)27-18-10-12-19(13-11-18)30(21(25)31)23(2,3)16-6-8-17(24)9-7-16/h6-9,14,18-19H,10-13H2,1-5H3,(H2,25,31)(H,26,27,28)/t18-,19+. The summed E-state index contributed by atoms with van der Waals surface area (Å²) < 4.78 is 0. The third-order valence-corrected chi connectivity index (χ3v) is 6.34. The number of nitrogens with two attached hydrogens (primary N) is 1. The monoisotopic (exact) mass is 444 g/mol. The number of carbonyl (C=O) groups is 1. The zero-order valence-corrected chi connectivity index (χ0v) is 19.8. The van der Waals surface area contributed by atoms with Crippen LogP contribution in [0, 0.1) is 6.92 Å². The molecular formula is C23H33ClN6O. The second-order valence-electron chi connectivity index (χ2n) is 9.01. The van der Waals surface area contributed by atoms with Gasteiger partial charge in [-0.3, -0.25) is 0 Å². The van der Waals surface area contributed by atoms with Crippen LogP contribution in [0.1, 0.15) is 50.8 Å². The van der Waals surface area contributed by atoms with Gasteiger partial charge in [0.2, 0.25) is 5.95 Å². The van der Waals surface area contributed by atoms with Gasteiger partial charge in [0.25, 0.3) is 0 Å². The molecule has 2 amide bonds. The Bertz CT molecular complexity index is 907. The number of amides is 2. The average molecular weight is 445 g/mol. The lowest BCUT2D eigenvalue weighted by atomic mass is 9.85. The number of primary amides is 1. The fraction of sp³-hybridized carbons (Fsp3) is 0.522. The summed E-state index contributed by atoms with van der Waals surface area (Å²) in [6.45, 7) is 6.05. The smallest absolute Gasteiger partial charge is 0.315 e. The van der Waals surface area contributed by atoms with Crippen LogP contribution in [0.25, 0.3) is 0 Å². The van der Waals surface area contributed by atoms with Crippen molar-refractivity contribution in [2.24, 2.45) is 5.73 Å². The van der Waals surface area contributed by atoms with E-state index in [0.717, 1.165) is 42.8 Å². The Morgan fingerprint density at radius 3 is 2.29 bits per heavy atom. The van der Waals surface area contributed by atoms with E-state index < -0.39 is 11.6 Å². The minimum Gasteiger partial charge on any atom is -0.363 e. The molecule has 3 rings (SSSR count). The molecule has 1 aromatic carbocycles. The van der Waals surface area contributed by atoms with Gasteiger partial charge >= 0.3 is 6.03 Å². The molecule has 0 atom stereocenters. The van der Waals surface area contributed by atoms with Gasteiger partial charge < -0.3 is 20.9 Å². The zero-order valence-electron chi connectivity index (χ0n) is 19.0. The topological polar surface area (TPSA) is 87.4 Å². The summed E-state index contributed by atoms with van der Waals surface area (Å²) in [5.41, 5.74) is 7.28. The molecule has 1 saturated carbocycles. The van der Waals surface area contributed by atoms with Crippen LogP contribution in [0.2, 0.25) is 5.02 Å². The number of hydrogen-bond acceptors (Lipinski definition) is 5. The molecule has 0 radical (unpaired) electrons. The second kappa shape index (κ2) is 9.30. The predicted molar refractivity (Wildman–Crippen MR) is 127 cm³/mol. The minimum atomic E-state index is -0.526. The quantitative estimate of drug-likeness (QED) is 0.682. The van der Waals surface area contributed by atoms with Crippen LogP contribution in [0.15, 0.2) is 30.3 Å². The molecule has 1 aromatic heterocycles. The van der Waals surface area contributed by atoms with Crippen molar-refractivity contribution in [3.8, 4) is 0 Å². The number of nitrogens with one attached hydrogen (secondary N) is 1. The highest BCUT2D eigenvalue weighted by atomic mass is 35.5. The molecule has 1 heterocycles. The lowest BCUT2D eigenvalue weighted by molar-refractivity contribution is 0.0826. The second-order valence-corrected chi connectivity index (χ2v) is 9.45. The highest BCUT2D eigenvalue weighted by molar-refractivity contribution is 6.30. The van der Waals surface area contributed by atoms with Gasteiger partial charge in [-0.15, -0.1) is 0 Å². The molecule has 3 N–H and O–H groups in total. The number of rotatable bonds is 6. The van der Waals surface area contributed by atoms with Crippen LogP contribution in [-0.2, 0) is 5.54 Å². The summed E-state index contributed by atoms with van der Waals surface area (Å²) >= 11 is 6.05. The number of halogens is 1. The number of anilines is 2. The summed E-state index contributed by atoms with van der Waals surface area (Å²) in [6.07, 6.45) is 3.56. The molecule has 0 spiro atoms. The van der Waals surface area contributed by atoms with Crippen molar-refractivity contribution in [2.45, 2.75) is 64.1 Å². The number of benzene rings is 1. The molecule has 7 nitrogen and oxygen atoms in total. The first-order valence-corrected chi connectivity index (χ1v) is 11.1. The number of nitrogens with zero attached hydrogens (tertiary/aromatic N) is 4. The molecule has 1 aliphatic rings. The maximum atomic E-state index is 12.5. The summed E-state index contributed by atoms with van der Waals surface area (Å²) in [7, 11) is 3.94. The first-order chi connectivity index (χ1) is 14.6. The van der Waals surface area contributed by atoms with Gasteiger partial charge in [0.15, 0.2) is 0 Å². The summed E-state index contributed by atoms with van der Waals surface area (Å²) in [4.78, 5) is 25.4. The molecule has 0 aliphatic heterocycles. The van der Waals surface area contributed by atoms with E-state index in [1.165, 1.54) is 0 Å². The van der Waals surface area contributed by atoms with Crippen LogP contribution < -0.4 is 16.0 Å². The SMILES string of the molecule is Cc1cc(N(C)C)nc(N[C@H]2CC[C@@H](N(C(N)=O)C(C)(C)c3ccc(Cl)cc3)CC2)n1. The van der Waals surface area contributed by atoms with Gasteiger partial charge in [0.05, 0.1) is 5.54 Å². The van der Waals surface area contributed by atoms with Crippen molar-refractivity contribution < 1.29 is 4.79 Å². The normalized spacial score (nSPS) is 19.0. The Kier molecular flexibility index (Phi) is 6.94. The van der Waals surface area contributed by atoms with Gasteiger partial charge in [0.1, 0.15) is 5.82 Å². The molecule has 168 valence electrons. The van der Waals surface area contributed by atoms with Crippen LogP contribution in [0.3, 0.4) is 0 Å². The fourth-order valence-corrected chi connectivity index (χ4v) is 4.54. The van der Waals surface area contributed by atoms with E-state index in [0.29, 0.717) is 11.0 Å². The molecule has 0 saturated heterocycles. The summed E-state index contributed by atoms with van der Waals surface area (Å²) in [6, 6.07) is 9.54. The largest absolute Gasteiger partial charge is 0.363 e. The Balaban J connectivity index is 1.69. The van der Waals surface area contributed by atoms with Crippen molar-refractivity contribution in [1.82, 2.24) is 14.9 Å². The van der Waals surface area contributed by atoms with E-state index in [2.05, 4.69) is 15.3 Å². The van der Waals surface area contributed by atoms with Crippen molar-refractivity contribution in [3.05, 3.63) is 46.6 Å². The van der Waals surface area contributed by atoms with E-state index in [4.69, 9.17) is 17.3 Å². The van der Waals surface area contributed by atoms with E-state index in [-0.39, 0.29) is 12.1 Å². The Morgan fingerprint density at radius 1 is 1.13 bits per heavy atom. The number of aryl methyl sites for hydroxylation is 1. The molecule has 0 bridgehead atoms. The zero-order chi connectivity index (χ0) is 22.8. The molecule has 1 aliphatic carbocycles. The molecule has 2 aromatic rings. The number of urea groups is 1. The van der Waals surface area contributed by atoms with Crippen LogP contribution in [0.4, 0.5) is 16.6 Å². The molecule has 31 heavy (non-hydrogen) atoms. The third kappa shape index (κ3) is 5.39. The van der Waals surface area contributed by atoms with Crippen molar-refractivity contribution in [1.29, 1.82) is 0 Å². The minimum absolute atomic E-state index is 0.0805. The lowest BCUT2D eigenvalue weighted by Gasteiger charge is -2.45. The maximum absolute atomic E-state index is 12.5. The first-order valence-electron chi connectivity index (χ1n) is 10.7. The molecular weight excluding hydrogens is 412 g/mol. The Hall–Kier alpha value is -2.54. The van der Waals surface area contributed by atoms with Crippen molar-refractivity contribution >= 4 is 29.4 Å². The molecule has 0 unspecified atom stereocenters. The fourth-order valence-electron chi connectivity index (χ4n) is 4.42. The van der Waals surface area contributed by atoms with Crippen molar-refractivity contribution in [3.63, 3.8) is 0 Å². The van der Waals surface area contributed by atoms with E-state index in [1.807, 2.05) is 75.0 Å². The van der Waals surface area contributed by atoms with Crippen molar-refractivity contribution in [2.75, 3.05) is 24.3 Å². The Morgan fingerprint density at radius 2 is 1.74 bits per heavy atom. The number of hydrogen-bond donors (Lipinski definition) is 2. The average Bonchev–Trinajstić information content (AvgIpc) is 2.69. The first kappa shape index (κ1) is 23.1. The predicted octanol–water partition coefficient (Wildman–Crippen LogP) is 4.54. The van der Waals surface area contributed by atoms with E-state index in [1.54, 1.807) is 0 Å². The van der Waals surface area contributed by atoms with Gasteiger partial charge in [0, 0.05) is 43.0 Å². The van der Waals surface area contributed by atoms with Crippen LogP contribution >= 0.6 is 11.6 Å². The highest BCUT2D eigenvalue weighted by Crippen LogP contribution is 2.35. The third-order valence-electron chi connectivity index (χ3n) is 6.08. The summed E-state index contributed by atoms with van der Waals surface area (Å²) in [5, 5.41) is 4.16. The van der Waals surface area contributed by atoms with Crippen LogP contribution in [-0.4, -0.2) is 47.1 Å². The van der Waals surface area contributed by atoms with E-state index >= 15 is 0 Å². The van der Waals surface area contributed by atoms with Gasteiger partial charge in [-0.25, -0.2) is 9.78 Å². The van der Waals surface area contributed by atoms with E-state index in [9.17, 15) is 4.79 Å². The molecule has 1 fully saturated rings. The molecule has 8 heteroatoms. The maximum Gasteiger partial charge on any atom is 0.315 e. The van der Waals surface area contributed by atoms with Gasteiger partial charge in [-0.05, 0) is 64.2 Å². The number of carbonyl (C=O) groups excluding carboxylic acids is 1. The number of aromatic nitrogens is 2. The summed E-state index contributed by atoms with van der Waals surface area (Å²) in [5.74, 6) is 1.54. The lowest BCUT2D eigenvalue weighted by Crippen LogP contribution is -2.55.